The number of hydrogen-bond acceptors (Lipinski definition) is 4. The molecule has 6 nitrogen and oxygen atoms in total. The number of hydrogen-bond donors (Lipinski definition) is 3. The van der Waals surface area contributed by atoms with Crippen molar-refractivity contribution in [2.45, 2.75) is 24.8 Å². The molecule has 0 aliphatic carbocycles. The van der Waals surface area contributed by atoms with Crippen molar-refractivity contribution in [3.63, 3.8) is 0 Å². The molecule has 3 N–H and O–H groups in total. The fourth-order valence-electron chi connectivity index (χ4n) is 2.18. The summed E-state index contributed by atoms with van der Waals surface area (Å²) in [5.41, 5.74) is 1.68. The Morgan fingerprint density at radius 2 is 1.88 bits per heavy atom. The smallest absolute Gasteiger partial charge is 0.251 e. The third-order valence-corrected chi connectivity index (χ3v) is 5.17. The van der Waals surface area contributed by atoms with Gasteiger partial charge in [0.05, 0.1) is 10.9 Å². The highest BCUT2D eigenvalue weighted by molar-refractivity contribution is 7.89. The SMILES string of the molecule is CNS(=O)(=O)c1cccc([C@@H](C)NC(=O)c2ccc(C)c(O)c2)c1. The summed E-state index contributed by atoms with van der Waals surface area (Å²) in [5.74, 6) is -0.294. The monoisotopic (exact) mass is 348 g/mol. The predicted molar refractivity (Wildman–Crippen MR) is 91.4 cm³/mol. The summed E-state index contributed by atoms with van der Waals surface area (Å²) in [7, 11) is -2.20. The Morgan fingerprint density at radius 1 is 1.17 bits per heavy atom. The Labute approximate surface area is 141 Å². The summed E-state index contributed by atoms with van der Waals surface area (Å²) in [6.07, 6.45) is 0. The summed E-state index contributed by atoms with van der Waals surface area (Å²) < 4.78 is 26.0. The number of amides is 1. The van der Waals surface area contributed by atoms with Crippen LogP contribution in [0.5, 0.6) is 5.75 Å². The van der Waals surface area contributed by atoms with Gasteiger partial charge in [0.1, 0.15) is 5.75 Å². The lowest BCUT2D eigenvalue weighted by atomic mass is 10.1. The largest absolute Gasteiger partial charge is 0.508 e. The molecular weight excluding hydrogens is 328 g/mol. The van der Waals surface area contributed by atoms with Gasteiger partial charge in [0.25, 0.3) is 5.91 Å². The topological polar surface area (TPSA) is 95.5 Å². The van der Waals surface area contributed by atoms with Crippen LogP contribution in [-0.2, 0) is 10.0 Å². The average molecular weight is 348 g/mol. The van der Waals surface area contributed by atoms with E-state index in [-0.39, 0.29) is 16.6 Å². The molecule has 0 bridgehead atoms. The normalized spacial score (nSPS) is 12.6. The lowest BCUT2D eigenvalue weighted by Gasteiger charge is -2.16. The van der Waals surface area contributed by atoms with Gasteiger partial charge in [-0.15, -0.1) is 0 Å². The van der Waals surface area contributed by atoms with E-state index in [0.29, 0.717) is 16.7 Å². The van der Waals surface area contributed by atoms with Crippen molar-refractivity contribution in [1.82, 2.24) is 10.0 Å². The van der Waals surface area contributed by atoms with Crippen LogP contribution < -0.4 is 10.0 Å². The number of carbonyl (C=O) groups is 1. The zero-order valence-corrected chi connectivity index (χ0v) is 14.5. The van der Waals surface area contributed by atoms with Crippen molar-refractivity contribution in [3.05, 3.63) is 59.2 Å². The molecule has 128 valence electrons. The molecule has 2 rings (SSSR count). The maximum atomic E-state index is 12.3. The Bertz CT molecular complexity index is 863. The molecule has 0 unspecified atom stereocenters. The number of sulfonamides is 1. The molecule has 1 amide bonds. The van der Waals surface area contributed by atoms with E-state index in [2.05, 4.69) is 10.0 Å². The second kappa shape index (κ2) is 7.02. The Morgan fingerprint density at radius 3 is 2.50 bits per heavy atom. The molecule has 0 fully saturated rings. The number of rotatable bonds is 5. The first-order chi connectivity index (χ1) is 11.2. The van der Waals surface area contributed by atoms with Gasteiger partial charge in [-0.3, -0.25) is 4.79 Å². The van der Waals surface area contributed by atoms with E-state index in [1.54, 1.807) is 38.1 Å². The minimum atomic E-state index is -3.54. The Kier molecular flexibility index (Phi) is 5.26. The number of benzene rings is 2. The molecule has 0 aliphatic rings. The minimum absolute atomic E-state index is 0.0532. The van der Waals surface area contributed by atoms with Crippen LogP contribution in [0.4, 0.5) is 0 Å². The van der Waals surface area contributed by atoms with E-state index in [4.69, 9.17) is 0 Å². The number of phenolic OH excluding ortho intramolecular Hbond substituents is 1. The third-order valence-electron chi connectivity index (χ3n) is 3.76. The van der Waals surface area contributed by atoms with Crippen LogP contribution in [0.3, 0.4) is 0 Å². The van der Waals surface area contributed by atoms with Crippen molar-refractivity contribution in [3.8, 4) is 5.75 Å². The molecule has 0 heterocycles. The van der Waals surface area contributed by atoms with E-state index < -0.39 is 16.1 Å². The van der Waals surface area contributed by atoms with Crippen molar-refractivity contribution in [1.29, 1.82) is 0 Å². The van der Waals surface area contributed by atoms with Gasteiger partial charge in [0.15, 0.2) is 0 Å². The van der Waals surface area contributed by atoms with Crippen molar-refractivity contribution in [2.24, 2.45) is 0 Å². The highest BCUT2D eigenvalue weighted by Gasteiger charge is 2.16. The van der Waals surface area contributed by atoms with Crippen LogP contribution in [0.25, 0.3) is 0 Å². The zero-order chi connectivity index (χ0) is 17.9. The standard InChI is InChI=1S/C17H20N2O4S/c1-11-7-8-14(10-16(11)20)17(21)19-12(2)13-5-4-6-15(9-13)24(22,23)18-3/h4-10,12,18,20H,1-3H3,(H,19,21)/t12-/m1/s1. The molecule has 0 aliphatic heterocycles. The maximum Gasteiger partial charge on any atom is 0.251 e. The summed E-state index contributed by atoms with van der Waals surface area (Å²) in [6, 6.07) is 10.7. The van der Waals surface area contributed by atoms with Gasteiger partial charge < -0.3 is 10.4 Å². The Balaban J connectivity index is 2.20. The van der Waals surface area contributed by atoms with Gasteiger partial charge in [0, 0.05) is 5.56 Å². The fraction of sp³-hybridized carbons (Fsp3) is 0.235. The third kappa shape index (κ3) is 3.93. The molecule has 0 saturated heterocycles. The summed E-state index contributed by atoms with van der Waals surface area (Å²) >= 11 is 0. The van der Waals surface area contributed by atoms with Gasteiger partial charge in [-0.1, -0.05) is 18.2 Å². The quantitative estimate of drug-likeness (QED) is 0.771. The molecule has 0 aromatic heterocycles. The lowest BCUT2D eigenvalue weighted by molar-refractivity contribution is 0.0939. The van der Waals surface area contributed by atoms with Gasteiger partial charge in [0.2, 0.25) is 10.0 Å². The highest BCUT2D eigenvalue weighted by atomic mass is 32.2. The molecule has 1 atom stereocenters. The van der Waals surface area contributed by atoms with Crippen molar-refractivity contribution in [2.75, 3.05) is 7.05 Å². The second-order valence-corrected chi connectivity index (χ2v) is 7.36. The number of aromatic hydroxyl groups is 1. The van der Waals surface area contributed by atoms with Gasteiger partial charge >= 0.3 is 0 Å². The maximum absolute atomic E-state index is 12.3. The van der Waals surface area contributed by atoms with E-state index in [9.17, 15) is 18.3 Å². The summed E-state index contributed by atoms with van der Waals surface area (Å²) in [4.78, 5) is 12.4. The highest BCUT2D eigenvalue weighted by Crippen LogP contribution is 2.20. The molecule has 24 heavy (non-hydrogen) atoms. The molecular formula is C17H20N2O4S. The molecule has 0 radical (unpaired) electrons. The first kappa shape index (κ1) is 18.0. The molecule has 2 aromatic rings. The number of aryl methyl sites for hydroxylation is 1. The van der Waals surface area contributed by atoms with E-state index >= 15 is 0 Å². The van der Waals surface area contributed by atoms with Gasteiger partial charge in [-0.2, -0.15) is 0 Å². The van der Waals surface area contributed by atoms with Crippen LogP contribution in [0.15, 0.2) is 47.4 Å². The minimum Gasteiger partial charge on any atom is -0.508 e. The van der Waals surface area contributed by atoms with E-state index in [0.717, 1.165) is 0 Å². The molecule has 7 heteroatoms. The number of nitrogens with one attached hydrogen (secondary N) is 2. The lowest BCUT2D eigenvalue weighted by Crippen LogP contribution is -2.27. The average Bonchev–Trinajstić information content (AvgIpc) is 2.57. The summed E-state index contributed by atoms with van der Waals surface area (Å²) in [5, 5.41) is 12.5. The van der Waals surface area contributed by atoms with E-state index in [1.165, 1.54) is 25.2 Å². The predicted octanol–water partition coefficient (Wildman–Crippen LogP) is 2.10. The second-order valence-electron chi connectivity index (χ2n) is 5.48. The van der Waals surface area contributed by atoms with Crippen LogP contribution in [0, 0.1) is 6.92 Å². The van der Waals surface area contributed by atoms with Gasteiger partial charge in [-0.25, -0.2) is 13.1 Å². The zero-order valence-electron chi connectivity index (χ0n) is 13.7. The Hall–Kier alpha value is -2.38. The number of carbonyl (C=O) groups excluding carboxylic acids is 1. The van der Waals surface area contributed by atoms with Gasteiger partial charge in [-0.05, 0) is 56.3 Å². The first-order valence-corrected chi connectivity index (χ1v) is 8.87. The van der Waals surface area contributed by atoms with Crippen LogP contribution >= 0.6 is 0 Å². The van der Waals surface area contributed by atoms with Crippen LogP contribution in [-0.4, -0.2) is 26.5 Å². The molecule has 0 spiro atoms. The van der Waals surface area contributed by atoms with E-state index in [1.807, 2.05) is 0 Å². The summed E-state index contributed by atoms with van der Waals surface area (Å²) in [6.45, 7) is 3.50. The first-order valence-electron chi connectivity index (χ1n) is 7.38. The van der Waals surface area contributed by atoms with Crippen LogP contribution in [0.1, 0.15) is 34.5 Å². The van der Waals surface area contributed by atoms with Crippen LogP contribution in [0.2, 0.25) is 0 Å². The number of phenols is 1. The molecule has 0 saturated carbocycles. The fourth-order valence-corrected chi connectivity index (χ4v) is 2.97. The van der Waals surface area contributed by atoms with Crippen molar-refractivity contribution < 1.29 is 18.3 Å². The molecule has 2 aromatic carbocycles. The van der Waals surface area contributed by atoms with Crippen molar-refractivity contribution >= 4 is 15.9 Å².